The lowest BCUT2D eigenvalue weighted by atomic mass is 10.0. The molecule has 5 nitrogen and oxygen atoms in total. The van der Waals surface area contributed by atoms with Gasteiger partial charge in [0, 0.05) is 31.2 Å². The van der Waals surface area contributed by atoms with Gasteiger partial charge in [-0.3, -0.25) is 9.69 Å². The SMILES string of the molecule is CCC(C)NC(=O)CN1CCNCC1c1ccccc1OC. The number of benzene rings is 1. The van der Waals surface area contributed by atoms with Gasteiger partial charge in [-0.2, -0.15) is 0 Å². The van der Waals surface area contributed by atoms with E-state index in [4.69, 9.17) is 4.74 Å². The predicted molar refractivity (Wildman–Crippen MR) is 88.1 cm³/mol. The average molecular weight is 305 g/mol. The first kappa shape index (κ1) is 16.8. The molecule has 2 N–H and O–H groups in total. The summed E-state index contributed by atoms with van der Waals surface area (Å²) < 4.78 is 5.48. The number of carbonyl (C=O) groups excluding carboxylic acids is 1. The lowest BCUT2D eigenvalue weighted by molar-refractivity contribution is -0.123. The number of piperazine rings is 1. The quantitative estimate of drug-likeness (QED) is 0.837. The minimum Gasteiger partial charge on any atom is -0.496 e. The Labute approximate surface area is 133 Å². The van der Waals surface area contributed by atoms with Crippen molar-refractivity contribution in [2.45, 2.75) is 32.4 Å². The first-order chi connectivity index (χ1) is 10.7. The van der Waals surface area contributed by atoms with Crippen LogP contribution in [-0.2, 0) is 4.79 Å². The Kier molecular flexibility index (Phi) is 6.21. The summed E-state index contributed by atoms with van der Waals surface area (Å²) in [5, 5.41) is 6.46. The summed E-state index contributed by atoms with van der Waals surface area (Å²) in [5.41, 5.74) is 1.13. The monoisotopic (exact) mass is 305 g/mol. The number of para-hydroxylation sites is 1. The third kappa shape index (κ3) is 4.21. The number of hydrogen-bond donors (Lipinski definition) is 2. The lowest BCUT2D eigenvalue weighted by Gasteiger charge is -2.36. The van der Waals surface area contributed by atoms with Gasteiger partial charge in [0.05, 0.1) is 19.7 Å². The van der Waals surface area contributed by atoms with Crippen molar-refractivity contribution < 1.29 is 9.53 Å². The molecule has 5 heteroatoms. The van der Waals surface area contributed by atoms with Crippen molar-refractivity contribution in [3.05, 3.63) is 29.8 Å². The Hall–Kier alpha value is -1.59. The summed E-state index contributed by atoms with van der Waals surface area (Å²) in [4.78, 5) is 14.4. The largest absolute Gasteiger partial charge is 0.496 e. The molecule has 1 aliphatic rings. The van der Waals surface area contributed by atoms with Gasteiger partial charge in [-0.25, -0.2) is 0 Å². The second kappa shape index (κ2) is 8.15. The van der Waals surface area contributed by atoms with E-state index >= 15 is 0 Å². The molecule has 0 saturated carbocycles. The van der Waals surface area contributed by atoms with Crippen molar-refractivity contribution in [2.24, 2.45) is 0 Å². The highest BCUT2D eigenvalue weighted by atomic mass is 16.5. The second-order valence-electron chi connectivity index (χ2n) is 5.81. The van der Waals surface area contributed by atoms with Crippen molar-refractivity contribution in [2.75, 3.05) is 33.3 Å². The molecule has 2 atom stereocenters. The Balaban J connectivity index is 2.09. The van der Waals surface area contributed by atoms with Crippen molar-refractivity contribution in [3.63, 3.8) is 0 Å². The molecule has 122 valence electrons. The topological polar surface area (TPSA) is 53.6 Å². The third-order valence-electron chi connectivity index (χ3n) is 4.22. The average Bonchev–Trinajstić information content (AvgIpc) is 2.55. The Morgan fingerprint density at radius 3 is 3.00 bits per heavy atom. The first-order valence-electron chi connectivity index (χ1n) is 8.02. The molecular formula is C17H27N3O2. The number of methoxy groups -OCH3 is 1. The summed E-state index contributed by atoms with van der Waals surface area (Å²) in [6, 6.07) is 8.42. The fourth-order valence-corrected chi connectivity index (χ4v) is 2.79. The summed E-state index contributed by atoms with van der Waals surface area (Å²) in [6.07, 6.45) is 0.948. The highest BCUT2D eigenvalue weighted by Crippen LogP contribution is 2.29. The maximum Gasteiger partial charge on any atom is 0.234 e. The Morgan fingerprint density at radius 2 is 2.27 bits per heavy atom. The molecule has 1 aromatic carbocycles. The number of nitrogens with zero attached hydrogens (tertiary/aromatic N) is 1. The predicted octanol–water partition coefficient (Wildman–Crippen LogP) is 1.56. The number of carbonyl (C=O) groups is 1. The standard InChI is InChI=1S/C17H27N3O2/c1-4-13(2)19-17(21)12-20-10-9-18-11-15(20)14-7-5-6-8-16(14)22-3/h5-8,13,15,18H,4,9-12H2,1-3H3,(H,19,21). The molecule has 1 fully saturated rings. The molecule has 1 aliphatic heterocycles. The van der Waals surface area contributed by atoms with Crippen LogP contribution in [-0.4, -0.2) is 50.1 Å². The van der Waals surface area contributed by atoms with E-state index in [0.717, 1.165) is 37.4 Å². The second-order valence-corrected chi connectivity index (χ2v) is 5.81. The van der Waals surface area contributed by atoms with Crippen molar-refractivity contribution in [1.29, 1.82) is 0 Å². The van der Waals surface area contributed by atoms with Crippen LogP contribution < -0.4 is 15.4 Å². The molecule has 1 heterocycles. The molecule has 0 spiro atoms. The van der Waals surface area contributed by atoms with Crippen LogP contribution in [0, 0.1) is 0 Å². The molecule has 0 radical (unpaired) electrons. The molecule has 1 aromatic rings. The zero-order valence-corrected chi connectivity index (χ0v) is 13.8. The third-order valence-corrected chi connectivity index (χ3v) is 4.22. The van der Waals surface area contributed by atoms with Crippen LogP contribution in [0.4, 0.5) is 0 Å². The molecular weight excluding hydrogens is 278 g/mol. The first-order valence-corrected chi connectivity index (χ1v) is 8.02. The number of hydrogen-bond acceptors (Lipinski definition) is 4. The van der Waals surface area contributed by atoms with Gasteiger partial charge in [0.15, 0.2) is 0 Å². The molecule has 1 amide bonds. The van der Waals surface area contributed by atoms with Gasteiger partial charge in [-0.05, 0) is 19.4 Å². The van der Waals surface area contributed by atoms with Crippen LogP contribution in [0.15, 0.2) is 24.3 Å². The van der Waals surface area contributed by atoms with Crippen molar-refractivity contribution >= 4 is 5.91 Å². The fourth-order valence-electron chi connectivity index (χ4n) is 2.79. The van der Waals surface area contributed by atoms with Gasteiger partial charge >= 0.3 is 0 Å². The Morgan fingerprint density at radius 1 is 1.50 bits per heavy atom. The van der Waals surface area contributed by atoms with Crippen LogP contribution in [0.1, 0.15) is 31.9 Å². The zero-order chi connectivity index (χ0) is 15.9. The number of nitrogens with one attached hydrogen (secondary N) is 2. The van der Waals surface area contributed by atoms with Crippen LogP contribution >= 0.6 is 0 Å². The normalized spacial score (nSPS) is 20.4. The van der Waals surface area contributed by atoms with E-state index < -0.39 is 0 Å². The van der Waals surface area contributed by atoms with Gasteiger partial charge in [0.1, 0.15) is 5.75 Å². The fraction of sp³-hybridized carbons (Fsp3) is 0.588. The molecule has 0 aliphatic carbocycles. The minimum absolute atomic E-state index is 0.0937. The van der Waals surface area contributed by atoms with Gasteiger partial charge < -0.3 is 15.4 Å². The van der Waals surface area contributed by atoms with Gasteiger partial charge in [0.2, 0.25) is 5.91 Å². The van der Waals surface area contributed by atoms with Gasteiger partial charge in [-0.1, -0.05) is 25.1 Å². The van der Waals surface area contributed by atoms with Crippen molar-refractivity contribution in [1.82, 2.24) is 15.5 Å². The van der Waals surface area contributed by atoms with Gasteiger partial charge in [-0.15, -0.1) is 0 Å². The van der Waals surface area contributed by atoms with E-state index in [9.17, 15) is 4.79 Å². The van der Waals surface area contributed by atoms with Crippen LogP contribution in [0.2, 0.25) is 0 Å². The summed E-state index contributed by atoms with van der Waals surface area (Å²) in [6.45, 7) is 7.13. The Bertz CT molecular complexity index is 493. The molecule has 0 bridgehead atoms. The summed E-state index contributed by atoms with van der Waals surface area (Å²) in [5.74, 6) is 0.972. The van der Waals surface area contributed by atoms with Crippen molar-refractivity contribution in [3.8, 4) is 5.75 Å². The van der Waals surface area contributed by atoms with E-state index in [-0.39, 0.29) is 18.0 Å². The van der Waals surface area contributed by atoms with E-state index in [1.54, 1.807) is 7.11 Å². The van der Waals surface area contributed by atoms with Crippen LogP contribution in [0.3, 0.4) is 0 Å². The lowest BCUT2D eigenvalue weighted by Crippen LogP contribution is -2.50. The van der Waals surface area contributed by atoms with Crippen LogP contribution in [0.25, 0.3) is 0 Å². The molecule has 1 saturated heterocycles. The number of rotatable bonds is 6. The number of amides is 1. The minimum atomic E-state index is 0.0937. The van der Waals surface area contributed by atoms with Gasteiger partial charge in [0.25, 0.3) is 0 Å². The zero-order valence-electron chi connectivity index (χ0n) is 13.8. The molecule has 0 aromatic heterocycles. The van der Waals surface area contributed by atoms with E-state index in [2.05, 4.69) is 28.5 Å². The smallest absolute Gasteiger partial charge is 0.234 e. The maximum absolute atomic E-state index is 12.2. The molecule has 2 unspecified atom stereocenters. The number of ether oxygens (including phenoxy) is 1. The summed E-state index contributed by atoms with van der Waals surface area (Å²) in [7, 11) is 1.69. The van der Waals surface area contributed by atoms with E-state index in [0.29, 0.717) is 6.54 Å². The van der Waals surface area contributed by atoms with Crippen LogP contribution in [0.5, 0.6) is 5.75 Å². The summed E-state index contributed by atoms with van der Waals surface area (Å²) >= 11 is 0. The highest BCUT2D eigenvalue weighted by molar-refractivity contribution is 5.78. The molecule has 2 rings (SSSR count). The molecule has 22 heavy (non-hydrogen) atoms. The highest BCUT2D eigenvalue weighted by Gasteiger charge is 2.27. The van der Waals surface area contributed by atoms with E-state index in [1.165, 1.54) is 0 Å². The maximum atomic E-state index is 12.2. The van der Waals surface area contributed by atoms with E-state index in [1.807, 2.05) is 25.1 Å².